The standard InChI is InChI=1S/C15H22ClFN2/c1-15(2)6-5-11(8-15)19-14(9-18)10-3-4-12(16)13(17)7-10/h3-4,7,11,14,19H,5-6,8-9,18H2,1-2H3. The van der Waals surface area contributed by atoms with E-state index in [0.717, 1.165) is 18.4 Å². The Morgan fingerprint density at radius 2 is 2.26 bits per heavy atom. The molecule has 0 aromatic heterocycles. The summed E-state index contributed by atoms with van der Waals surface area (Å²) in [6.45, 7) is 5.03. The highest BCUT2D eigenvalue weighted by molar-refractivity contribution is 6.30. The van der Waals surface area contributed by atoms with Crippen molar-refractivity contribution in [2.75, 3.05) is 6.54 Å². The fourth-order valence-electron chi connectivity index (χ4n) is 2.89. The zero-order chi connectivity index (χ0) is 14.0. The van der Waals surface area contributed by atoms with Crippen molar-refractivity contribution >= 4 is 11.6 Å². The summed E-state index contributed by atoms with van der Waals surface area (Å²) in [5, 5.41) is 3.70. The predicted molar refractivity (Wildman–Crippen MR) is 77.8 cm³/mol. The first-order chi connectivity index (χ1) is 8.91. The van der Waals surface area contributed by atoms with Crippen molar-refractivity contribution in [3.05, 3.63) is 34.6 Å². The molecule has 4 heteroatoms. The van der Waals surface area contributed by atoms with Gasteiger partial charge >= 0.3 is 0 Å². The van der Waals surface area contributed by atoms with Crippen LogP contribution in [0.25, 0.3) is 0 Å². The van der Waals surface area contributed by atoms with E-state index in [1.165, 1.54) is 12.5 Å². The molecule has 1 aliphatic rings. The average molecular weight is 285 g/mol. The third-order valence-electron chi connectivity index (χ3n) is 3.99. The Balaban J connectivity index is 2.06. The fourth-order valence-corrected chi connectivity index (χ4v) is 3.01. The summed E-state index contributed by atoms with van der Waals surface area (Å²) in [7, 11) is 0. The fraction of sp³-hybridized carbons (Fsp3) is 0.600. The minimum atomic E-state index is -0.383. The number of nitrogens with two attached hydrogens (primary N) is 1. The van der Waals surface area contributed by atoms with Crippen LogP contribution in [0.1, 0.15) is 44.7 Å². The largest absolute Gasteiger partial charge is 0.329 e. The SMILES string of the molecule is CC1(C)CCC(NC(CN)c2ccc(Cl)c(F)c2)C1. The number of rotatable bonds is 4. The van der Waals surface area contributed by atoms with E-state index in [2.05, 4.69) is 19.2 Å². The molecule has 0 saturated heterocycles. The van der Waals surface area contributed by atoms with Crippen LogP contribution < -0.4 is 11.1 Å². The van der Waals surface area contributed by atoms with Gasteiger partial charge in [-0.3, -0.25) is 0 Å². The molecule has 0 radical (unpaired) electrons. The second kappa shape index (κ2) is 5.78. The molecule has 0 aliphatic heterocycles. The van der Waals surface area contributed by atoms with Crippen LogP contribution in [-0.2, 0) is 0 Å². The Morgan fingerprint density at radius 3 is 2.79 bits per heavy atom. The normalized spacial score (nSPS) is 23.5. The highest BCUT2D eigenvalue weighted by Gasteiger charge is 2.31. The quantitative estimate of drug-likeness (QED) is 0.886. The van der Waals surface area contributed by atoms with Crippen molar-refractivity contribution in [3.8, 4) is 0 Å². The predicted octanol–water partition coefficient (Wildman–Crippen LogP) is 3.65. The molecule has 1 aromatic rings. The van der Waals surface area contributed by atoms with E-state index >= 15 is 0 Å². The summed E-state index contributed by atoms with van der Waals surface area (Å²) in [4.78, 5) is 0. The average Bonchev–Trinajstić information content (AvgIpc) is 2.69. The van der Waals surface area contributed by atoms with Gasteiger partial charge in [-0.25, -0.2) is 4.39 Å². The second-order valence-electron chi connectivity index (χ2n) is 6.23. The lowest BCUT2D eigenvalue weighted by molar-refractivity contribution is 0.353. The van der Waals surface area contributed by atoms with Gasteiger partial charge in [0.1, 0.15) is 5.82 Å². The molecule has 2 nitrogen and oxygen atoms in total. The number of hydrogen-bond acceptors (Lipinski definition) is 2. The van der Waals surface area contributed by atoms with E-state index in [9.17, 15) is 4.39 Å². The first kappa shape index (κ1) is 14.8. The monoisotopic (exact) mass is 284 g/mol. The molecule has 0 bridgehead atoms. The molecule has 0 heterocycles. The molecule has 19 heavy (non-hydrogen) atoms. The third kappa shape index (κ3) is 3.68. The van der Waals surface area contributed by atoms with Crippen LogP contribution in [0.4, 0.5) is 4.39 Å². The van der Waals surface area contributed by atoms with Gasteiger partial charge in [0.25, 0.3) is 0 Å². The Morgan fingerprint density at radius 1 is 1.53 bits per heavy atom. The van der Waals surface area contributed by atoms with Gasteiger partial charge in [-0.05, 0) is 42.4 Å². The van der Waals surface area contributed by atoms with E-state index in [1.807, 2.05) is 6.07 Å². The number of nitrogens with one attached hydrogen (secondary N) is 1. The Bertz CT molecular complexity index is 448. The molecule has 1 saturated carbocycles. The lowest BCUT2D eigenvalue weighted by Gasteiger charge is -2.24. The number of halogens is 2. The summed E-state index contributed by atoms with van der Waals surface area (Å²) in [5.74, 6) is -0.383. The summed E-state index contributed by atoms with van der Waals surface area (Å²) in [6, 6.07) is 5.37. The van der Waals surface area contributed by atoms with Crippen molar-refractivity contribution in [2.24, 2.45) is 11.1 Å². The van der Waals surface area contributed by atoms with Gasteiger partial charge in [-0.1, -0.05) is 31.5 Å². The molecule has 3 N–H and O–H groups in total. The van der Waals surface area contributed by atoms with Gasteiger partial charge in [0.2, 0.25) is 0 Å². The maximum Gasteiger partial charge on any atom is 0.142 e. The molecular formula is C15H22ClFN2. The number of benzene rings is 1. The van der Waals surface area contributed by atoms with Crippen molar-refractivity contribution in [2.45, 2.75) is 45.2 Å². The van der Waals surface area contributed by atoms with E-state index < -0.39 is 0 Å². The lowest BCUT2D eigenvalue weighted by Crippen LogP contribution is -2.35. The van der Waals surface area contributed by atoms with Crippen LogP contribution in [0.3, 0.4) is 0 Å². The van der Waals surface area contributed by atoms with Crippen LogP contribution >= 0.6 is 11.6 Å². The van der Waals surface area contributed by atoms with E-state index in [1.54, 1.807) is 6.07 Å². The molecule has 2 atom stereocenters. The topological polar surface area (TPSA) is 38.0 Å². The molecule has 1 aromatic carbocycles. The third-order valence-corrected chi connectivity index (χ3v) is 4.29. The Labute approximate surface area is 119 Å². The number of hydrogen-bond donors (Lipinski definition) is 2. The van der Waals surface area contributed by atoms with Crippen LogP contribution in [0, 0.1) is 11.2 Å². The van der Waals surface area contributed by atoms with Gasteiger partial charge in [0.15, 0.2) is 0 Å². The molecule has 0 spiro atoms. The molecule has 2 rings (SSSR count). The maximum atomic E-state index is 13.5. The van der Waals surface area contributed by atoms with Crippen molar-refractivity contribution < 1.29 is 4.39 Å². The van der Waals surface area contributed by atoms with Gasteiger partial charge in [-0.15, -0.1) is 0 Å². The minimum Gasteiger partial charge on any atom is -0.329 e. The van der Waals surface area contributed by atoms with E-state index in [4.69, 9.17) is 17.3 Å². The van der Waals surface area contributed by atoms with Crippen LogP contribution in [0.2, 0.25) is 5.02 Å². The van der Waals surface area contributed by atoms with Crippen LogP contribution in [-0.4, -0.2) is 12.6 Å². The van der Waals surface area contributed by atoms with Gasteiger partial charge in [0, 0.05) is 18.6 Å². The summed E-state index contributed by atoms with van der Waals surface area (Å²) < 4.78 is 13.5. The first-order valence-corrected chi connectivity index (χ1v) is 7.20. The Kier molecular flexibility index (Phi) is 4.49. The molecule has 1 fully saturated rings. The Hall–Kier alpha value is -0.640. The second-order valence-corrected chi connectivity index (χ2v) is 6.64. The van der Waals surface area contributed by atoms with Crippen molar-refractivity contribution in [1.29, 1.82) is 0 Å². The summed E-state index contributed by atoms with van der Waals surface area (Å²) in [5.41, 5.74) is 7.08. The first-order valence-electron chi connectivity index (χ1n) is 6.82. The summed E-state index contributed by atoms with van der Waals surface area (Å²) >= 11 is 5.71. The van der Waals surface area contributed by atoms with Gasteiger partial charge < -0.3 is 11.1 Å². The van der Waals surface area contributed by atoms with Crippen LogP contribution in [0.5, 0.6) is 0 Å². The maximum absolute atomic E-state index is 13.5. The molecule has 0 amide bonds. The minimum absolute atomic E-state index is 0.00864. The van der Waals surface area contributed by atoms with Crippen LogP contribution in [0.15, 0.2) is 18.2 Å². The van der Waals surface area contributed by atoms with E-state index in [-0.39, 0.29) is 16.9 Å². The van der Waals surface area contributed by atoms with Gasteiger partial charge in [-0.2, -0.15) is 0 Å². The van der Waals surface area contributed by atoms with E-state index in [0.29, 0.717) is 18.0 Å². The van der Waals surface area contributed by atoms with Crippen molar-refractivity contribution in [1.82, 2.24) is 5.32 Å². The zero-order valence-corrected chi connectivity index (χ0v) is 12.3. The molecular weight excluding hydrogens is 263 g/mol. The lowest BCUT2D eigenvalue weighted by atomic mass is 9.91. The highest BCUT2D eigenvalue weighted by atomic mass is 35.5. The summed E-state index contributed by atoms with van der Waals surface area (Å²) in [6.07, 6.45) is 3.51. The van der Waals surface area contributed by atoms with Crippen molar-refractivity contribution in [3.63, 3.8) is 0 Å². The molecule has 106 valence electrons. The van der Waals surface area contributed by atoms with Gasteiger partial charge in [0.05, 0.1) is 5.02 Å². The smallest absolute Gasteiger partial charge is 0.142 e. The highest BCUT2D eigenvalue weighted by Crippen LogP contribution is 2.37. The molecule has 2 unspecified atom stereocenters. The zero-order valence-electron chi connectivity index (χ0n) is 11.5. The molecule has 1 aliphatic carbocycles.